The van der Waals surface area contributed by atoms with E-state index in [-0.39, 0.29) is 5.56 Å². The molecular weight excluding hydrogens is 190 g/mol. The molecule has 1 aromatic carbocycles. The lowest BCUT2D eigenvalue weighted by atomic mass is 10.1. The monoisotopic (exact) mass is 203 g/mol. The van der Waals surface area contributed by atoms with Crippen LogP contribution in [0.4, 0.5) is 0 Å². The molecule has 0 radical (unpaired) electrons. The largest absolute Gasteiger partial charge is 0.496 e. The van der Waals surface area contributed by atoms with Gasteiger partial charge in [-0.25, -0.2) is 0 Å². The first-order valence-corrected chi connectivity index (χ1v) is 4.79. The summed E-state index contributed by atoms with van der Waals surface area (Å²) in [6.07, 6.45) is 0. The van der Waals surface area contributed by atoms with Gasteiger partial charge in [-0.05, 0) is 19.1 Å². The molecular formula is C12H13NO2. The molecule has 0 fully saturated rings. The van der Waals surface area contributed by atoms with Gasteiger partial charge in [0, 0.05) is 12.4 Å². The van der Waals surface area contributed by atoms with Crippen molar-refractivity contribution in [1.82, 2.24) is 4.57 Å². The maximum absolute atomic E-state index is 11.8. The number of rotatable bonds is 1. The third kappa shape index (κ3) is 1.31. The Bertz CT molecular complexity index is 570. The summed E-state index contributed by atoms with van der Waals surface area (Å²) in [4.78, 5) is 11.8. The summed E-state index contributed by atoms with van der Waals surface area (Å²) in [7, 11) is 3.37. The van der Waals surface area contributed by atoms with Crippen LogP contribution in [0.3, 0.4) is 0 Å². The summed E-state index contributed by atoms with van der Waals surface area (Å²) < 4.78 is 6.93. The summed E-state index contributed by atoms with van der Waals surface area (Å²) in [6, 6.07) is 7.73. The van der Waals surface area contributed by atoms with E-state index in [1.807, 2.05) is 24.3 Å². The Morgan fingerprint density at radius 2 is 1.93 bits per heavy atom. The number of pyridine rings is 1. The van der Waals surface area contributed by atoms with E-state index in [4.69, 9.17) is 4.74 Å². The van der Waals surface area contributed by atoms with Crippen LogP contribution in [0.5, 0.6) is 5.75 Å². The highest BCUT2D eigenvalue weighted by Gasteiger charge is 2.10. The van der Waals surface area contributed by atoms with E-state index in [0.717, 1.165) is 10.9 Å². The molecule has 0 spiro atoms. The predicted octanol–water partition coefficient (Wildman–Crippen LogP) is 1.86. The Morgan fingerprint density at radius 1 is 1.27 bits per heavy atom. The maximum Gasteiger partial charge on any atom is 0.257 e. The molecule has 0 unspecified atom stereocenters. The molecule has 0 saturated heterocycles. The average Bonchev–Trinajstić information content (AvgIpc) is 2.27. The summed E-state index contributed by atoms with van der Waals surface area (Å²) in [5.41, 5.74) is 1.54. The van der Waals surface area contributed by atoms with E-state index in [9.17, 15) is 4.79 Å². The zero-order valence-corrected chi connectivity index (χ0v) is 9.07. The number of ether oxygens (including phenoxy) is 1. The molecule has 1 aromatic heterocycles. The Labute approximate surface area is 87.9 Å². The van der Waals surface area contributed by atoms with Gasteiger partial charge in [0.15, 0.2) is 0 Å². The van der Waals surface area contributed by atoms with Crippen LogP contribution in [-0.2, 0) is 7.05 Å². The summed E-state index contributed by atoms with van der Waals surface area (Å²) >= 11 is 0. The first kappa shape index (κ1) is 9.77. The molecule has 0 aliphatic heterocycles. The lowest BCUT2D eigenvalue weighted by molar-refractivity contribution is 0.415. The SMILES string of the molecule is COc1c(C)c(=O)n(C)c2ccccc12. The molecule has 0 atom stereocenters. The van der Waals surface area contributed by atoms with Crippen LogP contribution >= 0.6 is 0 Å². The molecule has 0 bridgehead atoms. The second-order valence-corrected chi connectivity index (χ2v) is 3.54. The van der Waals surface area contributed by atoms with Gasteiger partial charge < -0.3 is 9.30 Å². The fourth-order valence-electron chi connectivity index (χ4n) is 1.88. The molecule has 15 heavy (non-hydrogen) atoms. The van der Waals surface area contributed by atoms with Gasteiger partial charge in [0.25, 0.3) is 5.56 Å². The van der Waals surface area contributed by atoms with Crippen LogP contribution in [0.25, 0.3) is 10.9 Å². The number of hydrogen-bond donors (Lipinski definition) is 0. The second-order valence-electron chi connectivity index (χ2n) is 3.54. The van der Waals surface area contributed by atoms with Gasteiger partial charge in [-0.15, -0.1) is 0 Å². The highest BCUT2D eigenvalue weighted by molar-refractivity contribution is 5.86. The number of fused-ring (bicyclic) bond motifs is 1. The molecule has 78 valence electrons. The van der Waals surface area contributed by atoms with E-state index in [1.54, 1.807) is 25.6 Å². The van der Waals surface area contributed by atoms with Crippen molar-refractivity contribution >= 4 is 10.9 Å². The Kier molecular flexibility index (Phi) is 2.23. The van der Waals surface area contributed by atoms with Crippen molar-refractivity contribution in [1.29, 1.82) is 0 Å². The van der Waals surface area contributed by atoms with Gasteiger partial charge in [-0.2, -0.15) is 0 Å². The predicted molar refractivity (Wildman–Crippen MR) is 60.5 cm³/mol. The van der Waals surface area contributed by atoms with E-state index in [2.05, 4.69) is 0 Å². The van der Waals surface area contributed by atoms with Gasteiger partial charge in [-0.1, -0.05) is 12.1 Å². The number of methoxy groups -OCH3 is 1. The Balaban J connectivity index is 3.05. The van der Waals surface area contributed by atoms with Crippen molar-refractivity contribution in [2.45, 2.75) is 6.92 Å². The number of aromatic nitrogens is 1. The molecule has 1 heterocycles. The Morgan fingerprint density at radius 3 is 2.60 bits per heavy atom. The minimum atomic E-state index is -0.00875. The molecule has 3 heteroatoms. The van der Waals surface area contributed by atoms with Crippen molar-refractivity contribution in [3.8, 4) is 5.75 Å². The van der Waals surface area contributed by atoms with Crippen LogP contribution in [0.2, 0.25) is 0 Å². The first-order valence-electron chi connectivity index (χ1n) is 4.79. The minimum absolute atomic E-state index is 0.00875. The van der Waals surface area contributed by atoms with Crippen LogP contribution in [0.1, 0.15) is 5.56 Å². The molecule has 0 N–H and O–H groups in total. The van der Waals surface area contributed by atoms with E-state index in [0.29, 0.717) is 11.3 Å². The van der Waals surface area contributed by atoms with Crippen molar-refractivity contribution in [3.63, 3.8) is 0 Å². The van der Waals surface area contributed by atoms with Crippen molar-refractivity contribution in [2.24, 2.45) is 7.05 Å². The first-order chi connectivity index (χ1) is 7.16. The number of aryl methyl sites for hydroxylation is 1. The van der Waals surface area contributed by atoms with Gasteiger partial charge in [0.1, 0.15) is 5.75 Å². The van der Waals surface area contributed by atoms with E-state index >= 15 is 0 Å². The van der Waals surface area contributed by atoms with Crippen molar-refractivity contribution in [2.75, 3.05) is 7.11 Å². The molecule has 0 aliphatic carbocycles. The topological polar surface area (TPSA) is 31.2 Å². The van der Waals surface area contributed by atoms with Crippen molar-refractivity contribution < 1.29 is 4.74 Å². The molecule has 2 aromatic rings. The highest BCUT2D eigenvalue weighted by atomic mass is 16.5. The molecule has 0 aliphatic rings. The van der Waals surface area contributed by atoms with E-state index < -0.39 is 0 Å². The summed E-state index contributed by atoms with van der Waals surface area (Å²) in [5, 5.41) is 0.972. The third-order valence-corrected chi connectivity index (χ3v) is 2.68. The lowest BCUT2D eigenvalue weighted by Crippen LogP contribution is -2.20. The standard InChI is InChI=1S/C12H13NO2/c1-8-11(15-3)9-6-4-5-7-10(9)13(2)12(8)14/h4-7H,1-3H3. The number of benzene rings is 1. The number of para-hydroxylation sites is 1. The van der Waals surface area contributed by atoms with Gasteiger partial charge in [0.2, 0.25) is 0 Å². The smallest absolute Gasteiger partial charge is 0.257 e. The van der Waals surface area contributed by atoms with Crippen LogP contribution in [-0.4, -0.2) is 11.7 Å². The Hall–Kier alpha value is -1.77. The summed E-state index contributed by atoms with van der Waals surface area (Å²) in [5.74, 6) is 0.675. The maximum atomic E-state index is 11.8. The van der Waals surface area contributed by atoms with Crippen LogP contribution in [0, 0.1) is 6.92 Å². The number of nitrogens with zero attached hydrogens (tertiary/aromatic N) is 1. The summed E-state index contributed by atoms with van der Waals surface area (Å²) in [6.45, 7) is 1.79. The highest BCUT2D eigenvalue weighted by Crippen LogP contribution is 2.25. The third-order valence-electron chi connectivity index (χ3n) is 2.68. The second kappa shape index (κ2) is 3.42. The van der Waals surface area contributed by atoms with Gasteiger partial charge >= 0.3 is 0 Å². The number of hydrogen-bond acceptors (Lipinski definition) is 2. The van der Waals surface area contributed by atoms with Crippen molar-refractivity contribution in [3.05, 3.63) is 40.2 Å². The normalized spacial score (nSPS) is 10.6. The fourth-order valence-corrected chi connectivity index (χ4v) is 1.88. The van der Waals surface area contributed by atoms with E-state index in [1.165, 1.54) is 0 Å². The minimum Gasteiger partial charge on any atom is -0.496 e. The molecule has 0 amide bonds. The van der Waals surface area contributed by atoms with Gasteiger partial charge in [0.05, 0.1) is 18.2 Å². The van der Waals surface area contributed by atoms with Gasteiger partial charge in [-0.3, -0.25) is 4.79 Å². The molecule has 3 nitrogen and oxygen atoms in total. The lowest BCUT2D eigenvalue weighted by Gasteiger charge is -2.11. The van der Waals surface area contributed by atoms with Crippen LogP contribution < -0.4 is 10.3 Å². The fraction of sp³-hybridized carbons (Fsp3) is 0.250. The molecule has 2 rings (SSSR count). The quantitative estimate of drug-likeness (QED) is 0.708. The van der Waals surface area contributed by atoms with Crippen LogP contribution in [0.15, 0.2) is 29.1 Å². The zero-order valence-electron chi connectivity index (χ0n) is 9.07. The zero-order chi connectivity index (χ0) is 11.0. The molecule has 0 saturated carbocycles. The average molecular weight is 203 g/mol.